The van der Waals surface area contributed by atoms with Crippen LogP contribution in [-0.2, 0) is 22.4 Å². The molecule has 1 radical (unpaired) electrons. The minimum Gasteiger partial charge on any atom is -0.313 e. The van der Waals surface area contributed by atoms with E-state index < -0.39 is 16.4 Å². The Kier molecular flexibility index (Phi) is 4.25. The van der Waals surface area contributed by atoms with Crippen LogP contribution in [0, 0.1) is 0 Å². The van der Waals surface area contributed by atoms with Gasteiger partial charge < -0.3 is 4.98 Å². The topological polar surface area (TPSA) is 82.8 Å². The summed E-state index contributed by atoms with van der Waals surface area (Å²) in [6.45, 7) is 0. The molecule has 1 aromatic heterocycles. The summed E-state index contributed by atoms with van der Waals surface area (Å²) >= 11 is 3.41. The molecular weight excluding hydrogens is 276 g/mol. The summed E-state index contributed by atoms with van der Waals surface area (Å²) in [5.41, 5.74) is -1.55. The monoisotopic (exact) mass is 279 g/mol. The van der Waals surface area contributed by atoms with E-state index in [1.165, 1.54) is 0 Å². The molecule has 0 atom stereocenters. The van der Waals surface area contributed by atoms with E-state index in [2.05, 4.69) is 17.6 Å². The van der Waals surface area contributed by atoms with E-state index in [1.807, 2.05) is 4.98 Å². The molecule has 0 aromatic carbocycles. The molecule has 69 valence electrons. The Morgan fingerprint density at radius 1 is 1.42 bits per heavy atom. The first-order valence-corrected chi connectivity index (χ1v) is 3.11. The number of H-pyrrole nitrogens is 2. The summed E-state index contributed by atoms with van der Waals surface area (Å²) in [5, 5.41) is -0.678. The standard InChI is InChI=1S/C5H4N2O3S.Ag/c8-3-2(4(9)11)1-6-5(10)7-3;/h1H,(H,9,11)(H2,6,7,8,10);. The molecule has 12 heavy (non-hydrogen) atoms. The second-order valence-corrected chi connectivity index (χ2v) is 2.20. The number of thiol groups is 1. The first-order valence-electron chi connectivity index (χ1n) is 2.66. The minimum atomic E-state index is -0.728. The second kappa shape index (κ2) is 4.46. The summed E-state index contributed by atoms with van der Waals surface area (Å²) in [6, 6.07) is 0. The molecule has 0 aliphatic rings. The van der Waals surface area contributed by atoms with Crippen LogP contribution in [0.15, 0.2) is 15.8 Å². The predicted octanol–water partition coefficient (Wildman–Crippen LogP) is -0.869. The Hall–Kier alpha value is -0.560. The minimum absolute atomic E-state index is 0. The number of carbonyl (C=O) groups is 1. The fourth-order valence-corrected chi connectivity index (χ4v) is 0.735. The van der Waals surface area contributed by atoms with Crippen molar-refractivity contribution in [3.8, 4) is 0 Å². The maximum absolute atomic E-state index is 10.7. The Bertz CT molecular complexity index is 396. The van der Waals surface area contributed by atoms with Gasteiger partial charge in [0.25, 0.3) is 5.56 Å². The van der Waals surface area contributed by atoms with E-state index in [1.54, 1.807) is 0 Å². The Morgan fingerprint density at radius 3 is 2.42 bits per heavy atom. The smallest absolute Gasteiger partial charge is 0.313 e. The van der Waals surface area contributed by atoms with Gasteiger partial charge in [0, 0.05) is 28.6 Å². The summed E-state index contributed by atoms with van der Waals surface area (Å²) in [7, 11) is 0. The summed E-state index contributed by atoms with van der Waals surface area (Å²) in [6.07, 6.45) is 1.02. The predicted molar refractivity (Wildman–Crippen MR) is 41.0 cm³/mol. The van der Waals surface area contributed by atoms with Gasteiger partial charge in [0.2, 0.25) is 5.12 Å². The number of aromatic nitrogens is 2. The normalized spacial score (nSPS) is 8.75. The summed E-state index contributed by atoms with van der Waals surface area (Å²) < 4.78 is 0. The fraction of sp³-hybridized carbons (Fsp3) is 0. The molecule has 0 spiro atoms. The Morgan fingerprint density at radius 2 is 2.00 bits per heavy atom. The molecule has 0 aliphatic heterocycles. The molecule has 0 saturated carbocycles. The molecule has 0 amide bonds. The van der Waals surface area contributed by atoms with Crippen LogP contribution in [0.3, 0.4) is 0 Å². The van der Waals surface area contributed by atoms with Crippen LogP contribution in [0.1, 0.15) is 10.4 Å². The Labute approximate surface area is 87.5 Å². The number of rotatable bonds is 1. The van der Waals surface area contributed by atoms with Gasteiger partial charge >= 0.3 is 5.69 Å². The molecule has 0 saturated heterocycles. The van der Waals surface area contributed by atoms with Crippen LogP contribution >= 0.6 is 12.6 Å². The van der Waals surface area contributed by atoms with Gasteiger partial charge in [0.1, 0.15) is 5.56 Å². The van der Waals surface area contributed by atoms with Crippen LogP contribution in [0.25, 0.3) is 0 Å². The van der Waals surface area contributed by atoms with Crippen LogP contribution < -0.4 is 11.2 Å². The molecule has 1 aromatic rings. The number of hydrogen-bond donors (Lipinski definition) is 3. The number of hydrogen-bond acceptors (Lipinski definition) is 3. The second-order valence-electron chi connectivity index (χ2n) is 1.79. The molecule has 0 bridgehead atoms. The van der Waals surface area contributed by atoms with Crippen LogP contribution in [-0.4, -0.2) is 15.1 Å². The molecule has 0 fully saturated rings. The maximum Gasteiger partial charge on any atom is 0.325 e. The van der Waals surface area contributed by atoms with Crippen molar-refractivity contribution in [1.29, 1.82) is 0 Å². The first kappa shape index (κ1) is 11.4. The van der Waals surface area contributed by atoms with E-state index in [0.29, 0.717) is 0 Å². The maximum atomic E-state index is 10.7. The SMILES string of the molecule is O=C(S)c1c[nH]c(=O)[nH]c1=O.[Ag]. The number of aromatic amines is 2. The van der Waals surface area contributed by atoms with Crippen molar-refractivity contribution < 1.29 is 27.2 Å². The zero-order valence-corrected chi connectivity index (χ0v) is 7.93. The van der Waals surface area contributed by atoms with Crippen LogP contribution in [0.4, 0.5) is 0 Å². The molecule has 1 rings (SSSR count). The van der Waals surface area contributed by atoms with Crippen molar-refractivity contribution in [3.63, 3.8) is 0 Å². The average molecular weight is 280 g/mol. The summed E-state index contributed by atoms with van der Waals surface area (Å²) in [5.74, 6) is 0. The number of carbonyl (C=O) groups excluding carboxylic acids is 1. The molecule has 5 nitrogen and oxygen atoms in total. The van der Waals surface area contributed by atoms with Gasteiger partial charge in [0.05, 0.1) is 0 Å². The van der Waals surface area contributed by atoms with Gasteiger partial charge in [-0.15, -0.1) is 12.6 Å². The van der Waals surface area contributed by atoms with Gasteiger partial charge in [-0.05, 0) is 0 Å². The van der Waals surface area contributed by atoms with Gasteiger partial charge in [-0.3, -0.25) is 14.6 Å². The summed E-state index contributed by atoms with van der Waals surface area (Å²) in [4.78, 5) is 35.7. The van der Waals surface area contributed by atoms with Gasteiger partial charge in [-0.25, -0.2) is 4.79 Å². The van der Waals surface area contributed by atoms with E-state index in [0.717, 1.165) is 6.20 Å². The fourth-order valence-electron chi connectivity index (χ4n) is 0.569. The van der Waals surface area contributed by atoms with Crippen molar-refractivity contribution in [2.24, 2.45) is 0 Å². The van der Waals surface area contributed by atoms with Crippen molar-refractivity contribution >= 4 is 17.7 Å². The average Bonchev–Trinajstić information content (AvgIpc) is 1.85. The van der Waals surface area contributed by atoms with Crippen molar-refractivity contribution in [2.45, 2.75) is 0 Å². The zero-order valence-electron chi connectivity index (χ0n) is 5.55. The molecule has 0 aliphatic carbocycles. The van der Waals surface area contributed by atoms with E-state index in [-0.39, 0.29) is 27.9 Å². The van der Waals surface area contributed by atoms with Crippen molar-refractivity contribution in [3.05, 3.63) is 32.6 Å². The molecule has 2 N–H and O–H groups in total. The Balaban J connectivity index is 0.00000121. The largest absolute Gasteiger partial charge is 0.325 e. The van der Waals surface area contributed by atoms with Gasteiger partial charge in [0.15, 0.2) is 0 Å². The van der Waals surface area contributed by atoms with E-state index >= 15 is 0 Å². The zero-order chi connectivity index (χ0) is 8.43. The third kappa shape index (κ3) is 2.49. The first-order chi connectivity index (χ1) is 5.11. The van der Waals surface area contributed by atoms with E-state index in [4.69, 9.17) is 0 Å². The van der Waals surface area contributed by atoms with Gasteiger partial charge in [-0.2, -0.15) is 0 Å². The van der Waals surface area contributed by atoms with Crippen LogP contribution in [0.5, 0.6) is 0 Å². The molecule has 1 heterocycles. The van der Waals surface area contributed by atoms with Crippen LogP contribution in [0.2, 0.25) is 0 Å². The van der Waals surface area contributed by atoms with Crippen molar-refractivity contribution in [1.82, 2.24) is 9.97 Å². The third-order valence-electron chi connectivity index (χ3n) is 1.05. The van der Waals surface area contributed by atoms with Gasteiger partial charge in [-0.1, -0.05) is 0 Å². The van der Waals surface area contributed by atoms with Crippen molar-refractivity contribution in [2.75, 3.05) is 0 Å². The third-order valence-corrected chi connectivity index (χ3v) is 1.29. The van der Waals surface area contributed by atoms with E-state index in [9.17, 15) is 14.4 Å². The quantitative estimate of drug-likeness (QED) is 0.462. The number of nitrogens with one attached hydrogen (secondary N) is 2. The molecule has 0 unspecified atom stereocenters. The molecule has 7 heteroatoms. The molecular formula is C5H4AgN2O3S.